The highest BCUT2D eigenvalue weighted by Crippen LogP contribution is 2.25. The van der Waals surface area contributed by atoms with Gasteiger partial charge in [0.1, 0.15) is 0 Å². The number of hydrogen-bond donors (Lipinski definition) is 1. The van der Waals surface area contributed by atoms with Crippen LogP contribution in [0, 0.1) is 5.92 Å². The van der Waals surface area contributed by atoms with Crippen molar-refractivity contribution in [1.82, 2.24) is 19.9 Å². The molecule has 0 spiro atoms. The molecule has 3 aromatic rings. The van der Waals surface area contributed by atoms with Crippen LogP contribution in [0.1, 0.15) is 41.9 Å². The quantitative estimate of drug-likeness (QED) is 0.542. The van der Waals surface area contributed by atoms with E-state index < -0.39 is 0 Å². The molecule has 8 heteroatoms. The number of benzene rings is 2. The third-order valence-corrected chi connectivity index (χ3v) is 7.52. The highest BCUT2D eigenvalue weighted by Gasteiger charge is 2.26. The smallest absolute Gasteiger partial charge is 0.253 e. The van der Waals surface area contributed by atoms with Gasteiger partial charge < -0.3 is 19.4 Å². The maximum atomic E-state index is 12.9. The molecule has 8 nitrogen and oxygen atoms in total. The second-order valence-electron chi connectivity index (χ2n) is 10.00. The second-order valence-corrected chi connectivity index (χ2v) is 10.00. The van der Waals surface area contributed by atoms with E-state index in [-0.39, 0.29) is 18.4 Å². The number of aliphatic hydroxyl groups is 1. The summed E-state index contributed by atoms with van der Waals surface area (Å²) >= 11 is 0. The van der Waals surface area contributed by atoms with Crippen LogP contribution in [0.4, 0.5) is 5.69 Å². The highest BCUT2D eigenvalue weighted by atomic mass is 16.5. The summed E-state index contributed by atoms with van der Waals surface area (Å²) in [6.45, 7) is 4.13. The fourth-order valence-corrected chi connectivity index (χ4v) is 5.33. The standard InChI is InChI=1S/C28H35N5O3/c1-31(19-26-29-27(30-36-26)22-7-3-2-4-8-22)24-13-16-32(17-14-24)25-11-9-23(10-12-25)28(35)33-15-5-6-21(18-33)20-34/h2-4,7-12,21,24,34H,5-6,13-20H2,1H3/t21-/m1/s1. The van der Waals surface area contributed by atoms with Gasteiger partial charge in [0.15, 0.2) is 0 Å². The van der Waals surface area contributed by atoms with Crippen molar-refractivity contribution in [2.75, 3.05) is 44.7 Å². The van der Waals surface area contributed by atoms with Crippen LogP contribution >= 0.6 is 0 Å². The Kier molecular flexibility index (Phi) is 7.63. The molecule has 190 valence electrons. The van der Waals surface area contributed by atoms with E-state index in [0.29, 0.717) is 30.8 Å². The Labute approximate surface area is 212 Å². The number of amides is 1. The van der Waals surface area contributed by atoms with Crippen molar-refractivity contribution < 1.29 is 14.4 Å². The topological polar surface area (TPSA) is 85.9 Å². The third kappa shape index (κ3) is 5.60. The molecular formula is C28H35N5O3. The van der Waals surface area contributed by atoms with Crippen LogP contribution in [0.5, 0.6) is 0 Å². The van der Waals surface area contributed by atoms with E-state index in [0.717, 1.165) is 62.1 Å². The van der Waals surface area contributed by atoms with Crippen LogP contribution in [0.25, 0.3) is 11.4 Å². The van der Waals surface area contributed by atoms with Crippen molar-refractivity contribution in [2.24, 2.45) is 5.92 Å². The zero-order chi connectivity index (χ0) is 24.9. The lowest BCUT2D eigenvalue weighted by Gasteiger charge is -2.37. The fraction of sp³-hybridized carbons (Fsp3) is 0.464. The summed E-state index contributed by atoms with van der Waals surface area (Å²) < 4.78 is 5.50. The number of rotatable bonds is 7. The molecule has 2 aromatic carbocycles. The van der Waals surface area contributed by atoms with Crippen LogP contribution in [0.15, 0.2) is 59.1 Å². The number of aliphatic hydroxyl groups excluding tert-OH is 1. The van der Waals surface area contributed by atoms with Gasteiger partial charge in [-0.3, -0.25) is 9.69 Å². The van der Waals surface area contributed by atoms with E-state index >= 15 is 0 Å². The van der Waals surface area contributed by atoms with E-state index in [1.165, 1.54) is 0 Å². The van der Waals surface area contributed by atoms with Crippen LogP contribution in [0.3, 0.4) is 0 Å². The van der Waals surface area contributed by atoms with Crippen molar-refractivity contribution in [2.45, 2.75) is 38.3 Å². The van der Waals surface area contributed by atoms with Crippen molar-refractivity contribution in [3.8, 4) is 11.4 Å². The molecule has 0 saturated carbocycles. The maximum Gasteiger partial charge on any atom is 0.253 e. The Balaban J connectivity index is 1.12. The molecule has 0 radical (unpaired) electrons. The lowest BCUT2D eigenvalue weighted by atomic mass is 9.98. The molecule has 2 aliphatic rings. The number of carbonyl (C=O) groups excluding carboxylic acids is 1. The average molecular weight is 490 g/mol. The molecule has 3 heterocycles. The van der Waals surface area contributed by atoms with Gasteiger partial charge in [0.2, 0.25) is 11.7 Å². The first-order valence-corrected chi connectivity index (χ1v) is 12.9. The monoisotopic (exact) mass is 489 g/mol. The maximum absolute atomic E-state index is 12.9. The zero-order valence-electron chi connectivity index (χ0n) is 20.9. The molecule has 5 rings (SSSR count). The largest absolute Gasteiger partial charge is 0.396 e. The van der Waals surface area contributed by atoms with Crippen molar-refractivity contribution in [3.63, 3.8) is 0 Å². The summed E-state index contributed by atoms with van der Waals surface area (Å²) in [6, 6.07) is 18.3. The number of piperidine rings is 2. The average Bonchev–Trinajstić information content (AvgIpc) is 3.42. The van der Waals surface area contributed by atoms with E-state index in [2.05, 4.69) is 39.1 Å². The Morgan fingerprint density at radius 3 is 2.53 bits per heavy atom. The molecule has 2 saturated heterocycles. The fourth-order valence-electron chi connectivity index (χ4n) is 5.33. The minimum absolute atomic E-state index is 0.0662. The van der Waals surface area contributed by atoms with E-state index in [4.69, 9.17) is 4.52 Å². The van der Waals surface area contributed by atoms with Gasteiger partial charge in [-0.05, 0) is 62.9 Å². The number of aromatic nitrogens is 2. The summed E-state index contributed by atoms with van der Waals surface area (Å²) in [4.78, 5) is 24.1. The molecule has 2 fully saturated rings. The molecule has 1 aromatic heterocycles. The second kappa shape index (κ2) is 11.2. The number of hydrogen-bond acceptors (Lipinski definition) is 7. The Bertz CT molecular complexity index is 1130. The minimum atomic E-state index is 0.0662. The van der Waals surface area contributed by atoms with E-state index in [1.807, 2.05) is 47.4 Å². The molecular weight excluding hydrogens is 454 g/mol. The SMILES string of the molecule is CN(Cc1nc(-c2ccccc2)no1)C1CCN(c2ccc(C(=O)N3CCC[C@@H](CO)C3)cc2)CC1. The molecule has 2 aliphatic heterocycles. The van der Waals surface area contributed by atoms with Crippen LogP contribution in [-0.2, 0) is 6.54 Å². The van der Waals surface area contributed by atoms with Gasteiger partial charge in [0, 0.05) is 55.6 Å². The van der Waals surface area contributed by atoms with Crippen LogP contribution in [0.2, 0.25) is 0 Å². The number of anilines is 1. The van der Waals surface area contributed by atoms with E-state index in [9.17, 15) is 9.90 Å². The lowest BCUT2D eigenvalue weighted by Crippen LogP contribution is -2.43. The lowest BCUT2D eigenvalue weighted by molar-refractivity contribution is 0.0620. The first-order chi connectivity index (χ1) is 17.6. The number of likely N-dealkylation sites (tertiary alicyclic amines) is 1. The summed E-state index contributed by atoms with van der Waals surface area (Å²) in [7, 11) is 2.12. The molecule has 36 heavy (non-hydrogen) atoms. The van der Waals surface area contributed by atoms with Crippen molar-refractivity contribution in [1.29, 1.82) is 0 Å². The van der Waals surface area contributed by atoms with Crippen molar-refractivity contribution in [3.05, 3.63) is 66.1 Å². The zero-order valence-corrected chi connectivity index (χ0v) is 20.9. The van der Waals surface area contributed by atoms with Gasteiger partial charge in [0.25, 0.3) is 5.91 Å². The van der Waals surface area contributed by atoms with Gasteiger partial charge in [-0.2, -0.15) is 4.98 Å². The molecule has 1 amide bonds. The first kappa shape index (κ1) is 24.5. The van der Waals surface area contributed by atoms with Crippen LogP contribution in [-0.4, -0.2) is 76.8 Å². The Morgan fingerprint density at radius 2 is 1.81 bits per heavy atom. The first-order valence-electron chi connectivity index (χ1n) is 12.9. The predicted octanol–water partition coefficient (Wildman–Crippen LogP) is 3.68. The van der Waals surface area contributed by atoms with Gasteiger partial charge in [-0.25, -0.2) is 0 Å². The van der Waals surface area contributed by atoms with Gasteiger partial charge in [-0.15, -0.1) is 0 Å². The Morgan fingerprint density at radius 1 is 1.06 bits per heavy atom. The van der Waals surface area contributed by atoms with Gasteiger partial charge in [0.05, 0.1) is 6.54 Å². The molecule has 1 atom stereocenters. The summed E-state index contributed by atoms with van der Waals surface area (Å²) in [5.74, 6) is 1.53. The molecule has 0 aliphatic carbocycles. The third-order valence-electron chi connectivity index (χ3n) is 7.52. The van der Waals surface area contributed by atoms with Gasteiger partial charge >= 0.3 is 0 Å². The number of carbonyl (C=O) groups is 1. The van der Waals surface area contributed by atoms with Crippen LogP contribution < -0.4 is 4.90 Å². The highest BCUT2D eigenvalue weighted by molar-refractivity contribution is 5.94. The molecule has 0 unspecified atom stereocenters. The van der Waals surface area contributed by atoms with Gasteiger partial charge in [-0.1, -0.05) is 35.5 Å². The summed E-state index contributed by atoms with van der Waals surface area (Å²) in [6.07, 6.45) is 4.05. The van der Waals surface area contributed by atoms with Crippen molar-refractivity contribution >= 4 is 11.6 Å². The minimum Gasteiger partial charge on any atom is -0.396 e. The predicted molar refractivity (Wildman–Crippen MR) is 139 cm³/mol. The normalized spacial score (nSPS) is 19.1. The molecule has 1 N–H and O–H groups in total. The molecule has 0 bridgehead atoms. The number of nitrogens with zero attached hydrogens (tertiary/aromatic N) is 5. The van der Waals surface area contributed by atoms with E-state index in [1.54, 1.807) is 0 Å². The summed E-state index contributed by atoms with van der Waals surface area (Å²) in [5, 5.41) is 13.6. The Hall–Kier alpha value is -3.23. The summed E-state index contributed by atoms with van der Waals surface area (Å²) in [5.41, 5.74) is 2.84.